The number of ether oxygens (including phenoxy) is 1. The van der Waals surface area contributed by atoms with E-state index >= 15 is 0 Å². The smallest absolute Gasteiger partial charge is 0.330 e. The number of carbonyl (C=O) groups is 2. The number of esters is 1. The largest absolute Gasteiger partial charge is 0.441 e. The Morgan fingerprint density at radius 3 is 2.54 bits per heavy atom. The summed E-state index contributed by atoms with van der Waals surface area (Å²) in [6, 6.07) is -0.250. The van der Waals surface area contributed by atoms with Crippen LogP contribution in [0.5, 0.6) is 0 Å². The molecule has 1 atom stereocenters. The van der Waals surface area contributed by atoms with Gasteiger partial charge in [-0.05, 0) is 38.5 Å². The second kappa shape index (κ2) is 7.36. The lowest BCUT2D eigenvalue weighted by Gasteiger charge is -2.46. The van der Waals surface area contributed by atoms with Crippen LogP contribution in [0.1, 0.15) is 69.7 Å². The lowest BCUT2D eigenvalue weighted by molar-refractivity contribution is -0.151. The Bertz CT molecular complexity index is 805. The van der Waals surface area contributed by atoms with E-state index in [0.717, 1.165) is 30.7 Å². The fourth-order valence-corrected chi connectivity index (χ4v) is 4.76. The monoisotopic (exact) mass is 402 g/mol. The number of rotatable bonds is 7. The van der Waals surface area contributed by atoms with E-state index in [1.165, 1.54) is 16.2 Å². The summed E-state index contributed by atoms with van der Waals surface area (Å²) in [5.41, 5.74) is -0.648. The first-order valence-electron chi connectivity index (χ1n) is 10.2. The van der Waals surface area contributed by atoms with Gasteiger partial charge in [0.25, 0.3) is 0 Å². The van der Waals surface area contributed by atoms with Gasteiger partial charge in [-0.2, -0.15) is 0 Å². The second-order valence-corrected chi connectivity index (χ2v) is 8.83. The van der Waals surface area contributed by atoms with Crippen molar-refractivity contribution < 1.29 is 14.3 Å². The van der Waals surface area contributed by atoms with Crippen molar-refractivity contribution in [3.05, 3.63) is 5.01 Å². The van der Waals surface area contributed by atoms with Crippen LogP contribution in [0.2, 0.25) is 0 Å². The van der Waals surface area contributed by atoms with Gasteiger partial charge in [0.2, 0.25) is 5.13 Å². The fourth-order valence-electron chi connectivity index (χ4n) is 3.71. The van der Waals surface area contributed by atoms with Crippen molar-refractivity contribution in [1.82, 2.24) is 15.1 Å². The summed E-state index contributed by atoms with van der Waals surface area (Å²) in [7, 11) is 0. The molecule has 1 saturated heterocycles. The van der Waals surface area contributed by atoms with Crippen LogP contribution >= 0.6 is 11.3 Å². The average Bonchev–Trinajstić information content (AvgIpc) is 3.63. The molecule has 0 aromatic carbocycles. The molecule has 0 bridgehead atoms. The molecule has 3 aliphatic rings. The summed E-state index contributed by atoms with van der Waals surface area (Å²) in [4.78, 5) is 29.1. The molecule has 2 amide bonds. The van der Waals surface area contributed by atoms with Crippen LogP contribution in [0.15, 0.2) is 0 Å². The number of terminal acetylenes is 1. The molecule has 1 aromatic heterocycles. The van der Waals surface area contributed by atoms with Crippen LogP contribution in [0.25, 0.3) is 0 Å². The third kappa shape index (κ3) is 3.37. The van der Waals surface area contributed by atoms with Crippen LogP contribution in [-0.2, 0) is 9.53 Å². The maximum atomic E-state index is 13.5. The van der Waals surface area contributed by atoms with Gasteiger partial charge in [-0.25, -0.2) is 9.69 Å². The zero-order chi connectivity index (χ0) is 19.9. The van der Waals surface area contributed by atoms with Crippen molar-refractivity contribution >= 4 is 28.5 Å². The molecule has 2 saturated carbocycles. The molecule has 28 heavy (non-hydrogen) atoms. The first-order chi connectivity index (χ1) is 13.5. The van der Waals surface area contributed by atoms with E-state index in [4.69, 9.17) is 11.2 Å². The van der Waals surface area contributed by atoms with Gasteiger partial charge in [0, 0.05) is 18.9 Å². The van der Waals surface area contributed by atoms with Crippen molar-refractivity contribution in [1.29, 1.82) is 0 Å². The second-order valence-electron chi connectivity index (χ2n) is 7.84. The number of hydrogen-bond donors (Lipinski definition) is 0. The Balaban J connectivity index is 1.64. The van der Waals surface area contributed by atoms with Crippen molar-refractivity contribution in [2.45, 2.75) is 76.5 Å². The Morgan fingerprint density at radius 1 is 1.25 bits per heavy atom. The third-order valence-electron chi connectivity index (χ3n) is 6.01. The van der Waals surface area contributed by atoms with Crippen molar-refractivity contribution in [2.24, 2.45) is 5.92 Å². The minimum atomic E-state index is -0.652. The minimum absolute atomic E-state index is 0.0255. The van der Waals surface area contributed by atoms with Crippen LogP contribution in [0, 0.1) is 18.3 Å². The van der Waals surface area contributed by atoms with Crippen LogP contribution in [-0.4, -0.2) is 45.4 Å². The number of nitrogens with zero attached hydrogens (tertiary/aromatic N) is 4. The topological polar surface area (TPSA) is 75.6 Å². The van der Waals surface area contributed by atoms with Crippen LogP contribution < -0.4 is 4.90 Å². The van der Waals surface area contributed by atoms with Crippen molar-refractivity contribution in [2.75, 3.05) is 11.4 Å². The molecule has 2 heterocycles. The number of aromatic nitrogens is 2. The molecule has 1 unspecified atom stereocenters. The Kier molecular flexibility index (Phi) is 5.04. The van der Waals surface area contributed by atoms with E-state index in [0.29, 0.717) is 36.9 Å². The average molecular weight is 403 g/mol. The van der Waals surface area contributed by atoms with E-state index < -0.39 is 11.8 Å². The number of anilines is 1. The Labute approximate surface area is 169 Å². The predicted octanol–water partition coefficient (Wildman–Crippen LogP) is 3.52. The highest BCUT2D eigenvalue weighted by Gasteiger charge is 2.47. The quantitative estimate of drug-likeness (QED) is 0.515. The molecule has 7 nitrogen and oxygen atoms in total. The van der Waals surface area contributed by atoms with Crippen LogP contribution in [0.4, 0.5) is 9.93 Å². The molecule has 3 fully saturated rings. The summed E-state index contributed by atoms with van der Waals surface area (Å²) in [6.45, 7) is 4.45. The zero-order valence-corrected chi connectivity index (χ0v) is 17.2. The molecule has 8 heteroatoms. The maximum Gasteiger partial charge on any atom is 0.330 e. The summed E-state index contributed by atoms with van der Waals surface area (Å²) in [5, 5.41) is 9.97. The zero-order valence-electron chi connectivity index (χ0n) is 16.4. The van der Waals surface area contributed by atoms with Crippen LogP contribution in [0.3, 0.4) is 0 Å². The molecule has 1 aromatic rings. The van der Waals surface area contributed by atoms with Gasteiger partial charge in [0.1, 0.15) is 10.5 Å². The van der Waals surface area contributed by atoms with E-state index in [9.17, 15) is 9.59 Å². The summed E-state index contributed by atoms with van der Waals surface area (Å²) in [5.74, 6) is 3.04. The standard InChI is InChI=1S/C20H26N4O3S/c1-4-20(5-2,6-3)23-12-11-15(27-17(25)14-9-10-14)24(19(23)26)18-22-21-16(28-18)13-7-8-13/h1,13-15H,5-12H2,2-3H3. The number of carbonyl (C=O) groups excluding carboxylic acids is 2. The molecule has 4 rings (SSSR count). The van der Waals surface area contributed by atoms with E-state index in [1.807, 2.05) is 13.8 Å². The van der Waals surface area contributed by atoms with Gasteiger partial charge in [0.05, 0.1) is 5.92 Å². The molecule has 0 N–H and O–H groups in total. The summed E-state index contributed by atoms with van der Waals surface area (Å²) < 4.78 is 5.73. The lowest BCUT2D eigenvalue weighted by atomic mass is 9.91. The van der Waals surface area contributed by atoms with E-state index in [-0.39, 0.29) is 17.9 Å². The summed E-state index contributed by atoms with van der Waals surface area (Å²) in [6.07, 6.45) is 11.0. The molecular formula is C20H26N4O3S. The highest BCUT2D eigenvalue weighted by molar-refractivity contribution is 7.15. The lowest BCUT2D eigenvalue weighted by Crippen LogP contribution is -2.62. The molecule has 1 aliphatic heterocycles. The highest BCUT2D eigenvalue weighted by atomic mass is 32.1. The summed E-state index contributed by atoms with van der Waals surface area (Å²) >= 11 is 1.42. The minimum Gasteiger partial charge on any atom is -0.441 e. The van der Waals surface area contributed by atoms with Crippen molar-refractivity contribution in [3.63, 3.8) is 0 Å². The van der Waals surface area contributed by atoms with Crippen molar-refractivity contribution in [3.8, 4) is 12.3 Å². The van der Waals surface area contributed by atoms with Gasteiger partial charge in [-0.3, -0.25) is 4.79 Å². The van der Waals surface area contributed by atoms with Gasteiger partial charge in [0.15, 0.2) is 6.23 Å². The molecule has 2 aliphatic carbocycles. The molecular weight excluding hydrogens is 376 g/mol. The molecule has 0 spiro atoms. The van der Waals surface area contributed by atoms with Gasteiger partial charge in [-0.1, -0.05) is 31.1 Å². The number of amides is 2. The number of urea groups is 1. The normalized spacial score (nSPS) is 22.9. The molecule has 0 radical (unpaired) electrons. The predicted molar refractivity (Wildman–Crippen MR) is 106 cm³/mol. The highest BCUT2D eigenvalue weighted by Crippen LogP contribution is 2.44. The van der Waals surface area contributed by atoms with Gasteiger partial charge < -0.3 is 9.64 Å². The van der Waals surface area contributed by atoms with Gasteiger partial charge >= 0.3 is 12.0 Å². The third-order valence-corrected chi connectivity index (χ3v) is 7.09. The fraction of sp³-hybridized carbons (Fsp3) is 0.700. The SMILES string of the molecule is C#CC(CC)(CC)N1CCC(OC(=O)C2CC2)N(c2nnc(C3CC3)s2)C1=O. The van der Waals surface area contributed by atoms with E-state index in [2.05, 4.69) is 16.1 Å². The maximum absolute atomic E-state index is 13.5. The van der Waals surface area contributed by atoms with E-state index in [1.54, 1.807) is 4.90 Å². The van der Waals surface area contributed by atoms with Gasteiger partial charge in [-0.15, -0.1) is 16.6 Å². The molecule has 150 valence electrons. The Hall–Kier alpha value is -2.14. The first-order valence-corrected chi connectivity index (χ1v) is 11.0. The first kappa shape index (κ1) is 19.2. The number of hydrogen-bond acceptors (Lipinski definition) is 6. The Morgan fingerprint density at radius 2 is 1.96 bits per heavy atom.